The number of ether oxygens (including phenoxy) is 1. The lowest BCUT2D eigenvalue weighted by atomic mass is 10.0. The van der Waals surface area contributed by atoms with Crippen LogP contribution in [0.15, 0.2) is 48.2 Å². The monoisotopic (exact) mass is 464 g/mol. The maximum Gasteiger partial charge on any atom is 0.338 e. The van der Waals surface area contributed by atoms with Crippen molar-refractivity contribution in [2.75, 3.05) is 49.3 Å². The highest BCUT2D eigenvalue weighted by molar-refractivity contribution is 6.32. The van der Waals surface area contributed by atoms with Gasteiger partial charge in [-0.3, -0.25) is 9.59 Å². The number of benzene rings is 2. The smallest absolute Gasteiger partial charge is 0.338 e. The molecule has 8 nitrogen and oxygen atoms in total. The summed E-state index contributed by atoms with van der Waals surface area (Å²) >= 11 is 0. The lowest BCUT2D eigenvalue weighted by Crippen LogP contribution is -2.31. The highest BCUT2D eigenvalue weighted by atomic mass is 16.5. The average molecular weight is 465 g/mol. The van der Waals surface area contributed by atoms with E-state index in [0.717, 1.165) is 29.9 Å². The van der Waals surface area contributed by atoms with Gasteiger partial charge in [0, 0.05) is 36.1 Å². The molecule has 1 heterocycles. The minimum absolute atomic E-state index is 0.000754. The van der Waals surface area contributed by atoms with Gasteiger partial charge in [0.1, 0.15) is 0 Å². The molecule has 3 rings (SSSR count). The molecule has 2 N–H and O–H groups in total. The third kappa shape index (κ3) is 5.82. The third-order valence-electron chi connectivity index (χ3n) is 5.53. The van der Waals surface area contributed by atoms with Crippen LogP contribution in [0.3, 0.4) is 0 Å². The molecule has 2 aromatic rings. The number of carbonyl (C=O) groups excluding carboxylic acids is 3. The number of nitrogens with one attached hydrogen (secondary N) is 2. The van der Waals surface area contributed by atoms with E-state index in [4.69, 9.17) is 4.74 Å². The second kappa shape index (κ2) is 11.0. The fourth-order valence-corrected chi connectivity index (χ4v) is 3.90. The minimum Gasteiger partial charge on any atom is -0.462 e. The Morgan fingerprint density at radius 2 is 1.74 bits per heavy atom. The number of fused-ring (bicyclic) bond motifs is 1. The molecule has 0 radical (unpaired) electrons. The highest BCUT2D eigenvalue weighted by Crippen LogP contribution is 2.35. The molecule has 0 aromatic heterocycles. The van der Waals surface area contributed by atoms with E-state index in [9.17, 15) is 14.4 Å². The Balaban J connectivity index is 1.77. The number of amides is 2. The maximum atomic E-state index is 12.7. The van der Waals surface area contributed by atoms with Gasteiger partial charge < -0.3 is 25.2 Å². The van der Waals surface area contributed by atoms with Crippen LogP contribution in [0.2, 0.25) is 0 Å². The van der Waals surface area contributed by atoms with E-state index < -0.39 is 5.97 Å². The fourth-order valence-electron chi connectivity index (χ4n) is 3.90. The molecule has 0 unspecified atom stereocenters. The molecule has 0 atom stereocenters. The first-order chi connectivity index (χ1) is 16.2. The number of hydrogen-bond acceptors (Lipinski definition) is 6. The van der Waals surface area contributed by atoms with Gasteiger partial charge in [-0.05, 0) is 77.3 Å². The van der Waals surface area contributed by atoms with Crippen molar-refractivity contribution in [1.29, 1.82) is 0 Å². The molecular weight excluding hydrogens is 432 g/mol. The Morgan fingerprint density at radius 3 is 2.35 bits per heavy atom. The van der Waals surface area contributed by atoms with Crippen LogP contribution in [0.1, 0.15) is 43.1 Å². The SMILES string of the molecule is CCOC(=O)c1ccc2c(c1)NC(=O)C2=C(C)Nc1ccc(N(CCCN(C)C)C(C)=O)cc1. The van der Waals surface area contributed by atoms with E-state index >= 15 is 0 Å². The zero-order valence-corrected chi connectivity index (χ0v) is 20.4. The standard InChI is InChI=1S/C26H32N4O4/c1-6-34-26(33)19-8-13-22-23(16-19)28-25(32)24(22)17(2)27-20-9-11-21(12-10-20)30(18(3)31)15-7-14-29(4)5/h8-13,16,27H,6-7,14-15H2,1-5H3,(H,28,32). The molecule has 180 valence electrons. The van der Waals surface area contributed by atoms with E-state index in [0.29, 0.717) is 29.1 Å². The van der Waals surface area contributed by atoms with Gasteiger partial charge >= 0.3 is 5.97 Å². The van der Waals surface area contributed by atoms with E-state index in [2.05, 4.69) is 15.5 Å². The highest BCUT2D eigenvalue weighted by Gasteiger charge is 2.27. The molecule has 2 amide bonds. The van der Waals surface area contributed by atoms with E-state index in [1.807, 2.05) is 45.3 Å². The average Bonchev–Trinajstić information content (AvgIpc) is 3.12. The summed E-state index contributed by atoms with van der Waals surface area (Å²) in [4.78, 5) is 40.7. The molecule has 0 spiro atoms. The van der Waals surface area contributed by atoms with Crippen LogP contribution in [0, 0.1) is 0 Å². The predicted molar refractivity (Wildman–Crippen MR) is 135 cm³/mol. The number of esters is 1. The van der Waals surface area contributed by atoms with Gasteiger partial charge in [-0.15, -0.1) is 0 Å². The summed E-state index contributed by atoms with van der Waals surface area (Å²) in [5.74, 6) is -0.659. The zero-order valence-electron chi connectivity index (χ0n) is 20.4. The minimum atomic E-state index is -0.423. The molecule has 1 aliphatic rings. The van der Waals surface area contributed by atoms with Crippen molar-refractivity contribution in [2.45, 2.75) is 27.2 Å². The van der Waals surface area contributed by atoms with Crippen molar-refractivity contribution in [3.05, 3.63) is 59.3 Å². The molecule has 0 aliphatic carbocycles. The molecular formula is C26H32N4O4. The van der Waals surface area contributed by atoms with Gasteiger partial charge in [0.2, 0.25) is 5.91 Å². The number of hydrogen-bond donors (Lipinski definition) is 2. The molecule has 1 aliphatic heterocycles. The van der Waals surface area contributed by atoms with E-state index in [1.54, 1.807) is 36.9 Å². The van der Waals surface area contributed by atoms with Crippen LogP contribution in [0.4, 0.5) is 17.1 Å². The number of nitrogens with zero attached hydrogens (tertiary/aromatic N) is 2. The van der Waals surface area contributed by atoms with E-state index in [-0.39, 0.29) is 18.4 Å². The summed E-state index contributed by atoms with van der Waals surface area (Å²) in [5, 5.41) is 6.11. The van der Waals surface area contributed by atoms with Gasteiger partial charge in [-0.2, -0.15) is 0 Å². The summed E-state index contributed by atoms with van der Waals surface area (Å²) in [6, 6.07) is 12.6. The van der Waals surface area contributed by atoms with Crippen LogP contribution >= 0.6 is 0 Å². The summed E-state index contributed by atoms with van der Waals surface area (Å²) in [6.45, 7) is 6.99. The molecule has 2 aromatic carbocycles. The van der Waals surface area contributed by atoms with Crippen molar-refractivity contribution in [3.63, 3.8) is 0 Å². The Bertz CT molecular complexity index is 1110. The summed E-state index contributed by atoms with van der Waals surface area (Å²) in [5.41, 5.74) is 4.53. The van der Waals surface area contributed by atoms with Gasteiger partial charge in [-0.1, -0.05) is 6.07 Å². The van der Waals surface area contributed by atoms with Crippen molar-refractivity contribution in [1.82, 2.24) is 4.90 Å². The second-order valence-corrected chi connectivity index (χ2v) is 8.43. The van der Waals surface area contributed by atoms with Crippen LogP contribution in [-0.2, 0) is 14.3 Å². The van der Waals surface area contributed by atoms with Crippen molar-refractivity contribution >= 4 is 40.4 Å². The Kier molecular flexibility index (Phi) is 8.07. The zero-order chi connectivity index (χ0) is 24.8. The van der Waals surface area contributed by atoms with Gasteiger partial charge in [0.05, 0.1) is 23.4 Å². The summed E-state index contributed by atoms with van der Waals surface area (Å²) in [7, 11) is 4.02. The normalized spacial score (nSPS) is 13.9. The third-order valence-corrected chi connectivity index (χ3v) is 5.53. The molecule has 8 heteroatoms. The summed E-state index contributed by atoms with van der Waals surface area (Å²) < 4.78 is 5.04. The van der Waals surface area contributed by atoms with Crippen molar-refractivity contribution < 1.29 is 19.1 Å². The van der Waals surface area contributed by atoms with Crippen LogP contribution in [-0.4, -0.2) is 56.5 Å². The van der Waals surface area contributed by atoms with Crippen LogP contribution < -0.4 is 15.5 Å². The first-order valence-electron chi connectivity index (χ1n) is 11.3. The van der Waals surface area contributed by atoms with Crippen LogP contribution in [0.5, 0.6) is 0 Å². The largest absolute Gasteiger partial charge is 0.462 e. The molecule has 0 fully saturated rings. The lowest BCUT2D eigenvalue weighted by molar-refractivity contribution is -0.116. The van der Waals surface area contributed by atoms with E-state index in [1.165, 1.54) is 0 Å². The number of anilines is 3. The Hall–Kier alpha value is -3.65. The molecule has 0 saturated carbocycles. The first-order valence-corrected chi connectivity index (χ1v) is 11.3. The summed E-state index contributed by atoms with van der Waals surface area (Å²) in [6.07, 6.45) is 0.879. The predicted octanol–water partition coefficient (Wildman–Crippen LogP) is 3.96. The number of allylic oxidation sites excluding steroid dienone is 1. The Labute approximate surface area is 200 Å². The number of carbonyl (C=O) groups is 3. The quantitative estimate of drug-likeness (QED) is 0.431. The topological polar surface area (TPSA) is 91.0 Å². The maximum absolute atomic E-state index is 12.7. The van der Waals surface area contributed by atoms with Gasteiger partial charge in [0.15, 0.2) is 0 Å². The Morgan fingerprint density at radius 1 is 1.03 bits per heavy atom. The molecule has 0 bridgehead atoms. The number of rotatable bonds is 9. The van der Waals surface area contributed by atoms with Gasteiger partial charge in [0.25, 0.3) is 5.91 Å². The van der Waals surface area contributed by atoms with Crippen LogP contribution in [0.25, 0.3) is 5.57 Å². The van der Waals surface area contributed by atoms with Crippen molar-refractivity contribution in [2.24, 2.45) is 0 Å². The van der Waals surface area contributed by atoms with Crippen molar-refractivity contribution in [3.8, 4) is 0 Å². The fraction of sp³-hybridized carbons (Fsp3) is 0.346. The molecule has 0 saturated heterocycles. The molecule has 34 heavy (non-hydrogen) atoms. The lowest BCUT2D eigenvalue weighted by Gasteiger charge is -2.22. The second-order valence-electron chi connectivity index (χ2n) is 8.43. The van der Waals surface area contributed by atoms with Gasteiger partial charge in [-0.25, -0.2) is 4.79 Å². The first kappa shape index (κ1) is 25.0.